The van der Waals surface area contributed by atoms with E-state index >= 15 is 0 Å². The number of carbonyl (C=O) groups excluding carboxylic acids is 2. The highest BCUT2D eigenvalue weighted by atomic mass is 16.5. The largest absolute Gasteiger partial charge is 0.494 e. The first-order chi connectivity index (χ1) is 12.5. The minimum absolute atomic E-state index is 0.148. The van der Waals surface area contributed by atoms with Crippen LogP contribution in [0.4, 0.5) is 4.79 Å². The van der Waals surface area contributed by atoms with Crippen LogP contribution in [0.1, 0.15) is 26.0 Å². The molecule has 0 saturated carbocycles. The average molecular weight is 358 g/mol. The van der Waals surface area contributed by atoms with Gasteiger partial charge in [0.25, 0.3) is 5.91 Å². The predicted molar refractivity (Wildman–Crippen MR) is 94.0 cm³/mol. The van der Waals surface area contributed by atoms with Gasteiger partial charge in [0.1, 0.15) is 23.9 Å². The van der Waals surface area contributed by atoms with E-state index in [2.05, 4.69) is 5.32 Å². The van der Waals surface area contributed by atoms with Crippen molar-refractivity contribution in [2.75, 3.05) is 19.8 Å². The molecule has 3 rings (SSSR count). The number of benzene rings is 1. The van der Waals surface area contributed by atoms with Crippen molar-refractivity contribution in [1.29, 1.82) is 0 Å². The molecule has 138 valence electrons. The molecular formula is C19H22N2O5. The van der Waals surface area contributed by atoms with Crippen LogP contribution in [-0.2, 0) is 10.3 Å². The lowest BCUT2D eigenvalue weighted by atomic mass is 9.99. The van der Waals surface area contributed by atoms with Gasteiger partial charge in [0.15, 0.2) is 5.54 Å². The second kappa shape index (κ2) is 7.51. The fourth-order valence-electron chi connectivity index (χ4n) is 2.74. The molecule has 2 aromatic rings. The lowest BCUT2D eigenvalue weighted by Crippen LogP contribution is -2.41. The Morgan fingerprint density at radius 2 is 1.73 bits per heavy atom. The van der Waals surface area contributed by atoms with Crippen LogP contribution >= 0.6 is 0 Å². The molecule has 3 amide bonds. The standard InChI is InChI=1S/C19H22N2O5/c1-3-11-24-14-6-8-15(9-7-14)25-13-10-21-17(22)19(2,20-18(21)23)16-5-4-12-26-16/h4-9,12H,3,10-11,13H2,1-2H3,(H,20,23). The molecule has 1 aliphatic heterocycles. The highest BCUT2D eigenvalue weighted by Gasteiger charge is 2.50. The molecule has 1 saturated heterocycles. The van der Waals surface area contributed by atoms with Crippen molar-refractivity contribution in [3.8, 4) is 11.5 Å². The van der Waals surface area contributed by atoms with Crippen LogP contribution in [0.25, 0.3) is 0 Å². The first-order valence-electron chi connectivity index (χ1n) is 8.58. The van der Waals surface area contributed by atoms with E-state index in [9.17, 15) is 9.59 Å². The molecule has 0 radical (unpaired) electrons. The zero-order valence-electron chi connectivity index (χ0n) is 14.9. The monoisotopic (exact) mass is 358 g/mol. The third kappa shape index (κ3) is 3.51. The van der Waals surface area contributed by atoms with E-state index in [0.717, 1.165) is 17.1 Å². The highest BCUT2D eigenvalue weighted by Crippen LogP contribution is 2.29. The van der Waals surface area contributed by atoms with Gasteiger partial charge in [-0.1, -0.05) is 6.92 Å². The van der Waals surface area contributed by atoms with Crippen molar-refractivity contribution in [1.82, 2.24) is 10.2 Å². The van der Waals surface area contributed by atoms with E-state index in [4.69, 9.17) is 13.9 Å². The van der Waals surface area contributed by atoms with Gasteiger partial charge in [-0.15, -0.1) is 0 Å². The molecule has 26 heavy (non-hydrogen) atoms. The predicted octanol–water partition coefficient (Wildman–Crippen LogP) is 2.91. The molecule has 1 N–H and O–H groups in total. The molecule has 1 aromatic carbocycles. The number of rotatable bonds is 8. The Morgan fingerprint density at radius 3 is 2.31 bits per heavy atom. The van der Waals surface area contributed by atoms with E-state index in [-0.39, 0.29) is 19.1 Å². The highest BCUT2D eigenvalue weighted by molar-refractivity contribution is 6.06. The molecule has 0 aliphatic carbocycles. The lowest BCUT2D eigenvalue weighted by Gasteiger charge is -2.19. The number of carbonyl (C=O) groups is 2. The van der Waals surface area contributed by atoms with Gasteiger partial charge < -0.3 is 19.2 Å². The van der Waals surface area contributed by atoms with Crippen molar-refractivity contribution in [3.63, 3.8) is 0 Å². The van der Waals surface area contributed by atoms with Gasteiger partial charge >= 0.3 is 6.03 Å². The maximum atomic E-state index is 12.6. The van der Waals surface area contributed by atoms with E-state index in [1.54, 1.807) is 31.2 Å². The Bertz CT molecular complexity index is 757. The van der Waals surface area contributed by atoms with Crippen LogP contribution in [0.3, 0.4) is 0 Å². The number of hydrogen-bond acceptors (Lipinski definition) is 5. The number of furan rings is 1. The van der Waals surface area contributed by atoms with Gasteiger partial charge in [-0.25, -0.2) is 4.79 Å². The number of ether oxygens (including phenoxy) is 2. The van der Waals surface area contributed by atoms with Gasteiger partial charge in [0.2, 0.25) is 0 Å². The van der Waals surface area contributed by atoms with Gasteiger partial charge in [-0.05, 0) is 49.7 Å². The summed E-state index contributed by atoms with van der Waals surface area (Å²) in [6.07, 6.45) is 2.42. The Morgan fingerprint density at radius 1 is 1.08 bits per heavy atom. The number of nitrogens with zero attached hydrogens (tertiary/aromatic N) is 1. The summed E-state index contributed by atoms with van der Waals surface area (Å²) in [6, 6.07) is 10.1. The normalized spacial score (nSPS) is 19.5. The molecule has 1 aromatic heterocycles. The van der Waals surface area contributed by atoms with Crippen LogP contribution in [0.15, 0.2) is 47.1 Å². The fourth-order valence-corrected chi connectivity index (χ4v) is 2.74. The summed E-state index contributed by atoms with van der Waals surface area (Å²) >= 11 is 0. The van der Waals surface area contributed by atoms with Crippen LogP contribution in [0.2, 0.25) is 0 Å². The average Bonchev–Trinajstić information content (AvgIpc) is 3.25. The van der Waals surface area contributed by atoms with Crippen molar-refractivity contribution < 1.29 is 23.5 Å². The number of amides is 3. The Balaban J connectivity index is 1.55. The molecule has 7 heteroatoms. The maximum Gasteiger partial charge on any atom is 0.325 e. The number of nitrogens with one attached hydrogen (secondary N) is 1. The Labute approximate surface area is 151 Å². The SMILES string of the molecule is CCCOc1ccc(OCCN2C(=O)NC(C)(c3ccco3)C2=O)cc1. The quantitative estimate of drug-likeness (QED) is 0.734. The molecule has 7 nitrogen and oxygen atoms in total. The molecule has 1 fully saturated rings. The van der Waals surface area contributed by atoms with Gasteiger partial charge in [0.05, 0.1) is 19.4 Å². The van der Waals surface area contributed by atoms with Gasteiger partial charge in [-0.2, -0.15) is 0 Å². The van der Waals surface area contributed by atoms with E-state index in [0.29, 0.717) is 18.1 Å². The molecule has 0 spiro atoms. The van der Waals surface area contributed by atoms with E-state index < -0.39 is 11.6 Å². The fraction of sp³-hybridized carbons (Fsp3) is 0.368. The first kappa shape index (κ1) is 17.8. The van der Waals surface area contributed by atoms with E-state index in [1.165, 1.54) is 6.26 Å². The number of hydrogen-bond donors (Lipinski definition) is 1. The van der Waals surface area contributed by atoms with Crippen LogP contribution in [0, 0.1) is 0 Å². The summed E-state index contributed by atoms with van der Waals surface area (Å²) in [5, 5.41) is 2.68. The maximum absolute atomic E-state index is 12.6. The summed E-state index contributed by atoms with van der Waals surface area (Å²) < 4.78 is 16.4. The zero-order valence-corrected chi connectivity index (χ0v) is 14.9. The van der Waals surface area contributed by atoms with E-state index in [1.807, 2.05) is 19.1 Å². The molecule has 0 bridgehead atoms. The van der Waals surface area contributed by atoms with Crippen LogP contribution < -0.4 is 14.8 Å². The molecule has 1 unspecified atom stereocenters. The molecule has 1 aliphatic rings. The minimum Gasteiger partial charge on any atom is -0.494 e. The van der Waals surface area contributed by atoms with Crippen LogP contribution in [-0.4, -0.2) is 36.6 Å². The summed E-state index contributed by atoms with van der Waals surface area (Å²) in [6.45, 7) is 4.69. The third-order valence-corrected chi connectivity index (χ3v) is 4.17. The Hall–Kier alpha value is -2.96. The summed E-state index contributed by atoms with van der Waals surface area (Å²) in [5.74, 6) is 1.48. The topological polar surface area (TPSA) is 81.0 Å². The van der Waals surface area contributed by atoms with Crippen molar-refractivity contribution >= 4 is 11.9 Å². The summed E-state index contributed by atoms with van der Waals surface area (Å²) in [7, 11) is 0. The first-order valence-corrected chi connectivity index (χ1v) is 8.58. The van der Waals surface area contributed by atoms with Crippen LogP contribution in [0.5, 0.6) is 11.5 Å². The Kier molecular flexibility index (Phi) is 5.16. The molecular weight excluding hydrogens is 336 g/mol. The second-order valence-electron chi connectivity index (χ2n) is 6.16. The smallest absolute Gasteiger partial charge is 0.325 e. The lowest BCUT2D eigenvalue weighted by molar-refractivity contribution is -0.131. The second-order valence-corrected chi connectivity index (χ2v) is 6.16. The van der Waals surface area contributed by atoms with Gasteiger partial charge in [0, 0.05) is 0 Å². The van der Waals surface area contributed by atoms with Crippen molar-refractivity contribution in [2.24, 2.45) is 0 Å². The minimum atomic E-state index is -1.18. The zero-order chi connectivity index (χ0) is 18.6. The summed E-state index contributed by atoms with van der Waals surface area (Å²) in [5.41, 5.74) is -1.18. The van der Waals surface area contributed by atoms with Gasteiger partial charge in [-0.3, -0.25) is 9.69 Å². The van der Waals surface area contributed by atoms with Crippen molar-refractivity contribution in [3.05, 3.63) is 48.4 Å². The number of urea groups is 1. The summed E-state index contributed by atoms with van der Waals surface area (Å²) in [4.78, 5) is 25.9. The molecule has 2 heterocycles. The molecule has 1 atom stereocenters. The number of imide groups is 1. The third-order valence-electron chi connectivity index (χ3n) is 4.17. The van der Waals surface area contributed by atoms with Crippen molar-refractivity contribution in [2.45, 2.75) is 25.8 Å².